The number of nitrogens with one attached hydrogen (secondary N) is 2. The molecule has 1 saturated heterocycles. The second-order valence-electron chi connectivity index (χ2n) is 7.21. The number of anilines is 3. The molecule has 10 nitrogen and oxygen atoms in total. The van der Waals surface area contributed by atoms with Gasteiger partial charge in [0.1, 0.15) is 0 Å². The first-order valence-corrected chi connectivity index (χ1v) is 10.1. The van der Waals surface area contributed by atoms with Crippen molar-refractivity contribution in [1.29, 1.82) is 0 Å². The van der Waals surface area contributed by atoms with E-state index >= 15 is 0 Å². The third kappa shape index (κ3) is 3.44. The lowest BCUT2D eigenvalue weighted by molar-refractivity contribution is -0.127. The van der Waals surface area contributed by atoms with Crippen molar-refractivity contribution < 1.29 is 14.3 Å². The first-order chi connectivity index (χ1) is 14.7. The minimum Gasteiger partial charge on any atom is -0.454 e. The monoisotopic (exact) mass is 409 g/mol. The molecule has 0 spiro atoms. The van der Waals surface area contributed by atoms with Crippen LogP contribution in [0, 0.1) is 0 Å². The van der Waals surface area contributed by atoms with Gasteiger partial charge >= 0.3 is 0 Å². The Labute approximate surface area is 173 Å². The number of aromatic nitrogens is 4. The minimum atomic E-state index is 0.215. The molecule has 5 rings (SSSR count). The Kier molecular flexibility index (Phi) is 4.74. The minimum absolute atomic E-state index is 0.215. The molecule has 0 bridgehead atoms. The quantitative estimate of drug-likeness (QED) is 0.613. The van der Waals surface area contributed by atoms with E-state index in [1.165, 1.54) is 0 Å². The summed E-state index contributed by atoms with van der Waals surface area (Å²) in [6.45, 7) is 5.02. The number of likely N-dealkylation sites (tertiary alicyclic amines) is 1. The molecule has 156 valence electrons. The fraction of sp³-hybridized carbons (Fsp3) is 0.400. The van der Waals surface area contributed by atoms with Crippen LogP contribution in [0.5, 0.6) is 11.5 Å². The van der Waals surface area contributed by atoms with Crippen LogP contribution in [0.25, 0.3) is 11.2 Å². The van der Waals surface area contributed by atoms with Crippen molar-refractivity contribution in [2.75, 3.05) is 37.1 Å². The van der Waals surface area contributed by atoms with Crippen LogP contribution in [0.2, 0.25) is 0 Å². The molecule has 10 heteroatoms. The van der Waals surface area contributed by atoms with Gasteiger partial charge in [-0.15, -0.1) is 0 Å². The zero-order valence-corrected chi connectivity index (χ0v) is 16.7. The molecule has 0 aliphatic carbocycles. The average Bonchev–Trinajstić information content (AvgIpc) is 3.46. The highest BCUT2D eigenvalue weighted by molar-refractivity contribution is 5.87. The highest BCUT2D eigenvalue weighted by Crippen LogP contribution is 2.35. The molecule has 1 aromatic carbocycles. The summed E-state index contributed by atoms with van der Waals surface area (Å²) in [4.78, 5) is 27.6. The Morgan fingerprint density at radius 3 is 2.90 bits per heavy atom. The van der Waals surface area contributed by atoms with Crippen molar-refractivity contribution in [2.24, 2.45) is 0 Å². The highest BCUT2D eigenvalue weighted by Gasteiger charge is 2.21. The van der Waals surface area contributed by atoms with Crippen molar-refractivity contribution in [2.45, 2.75) is 26.3 Å². The molecule has 2 aromatic heterocycles. The van der Waals surface area contributed by atoms with Crippen LogP contribution < -0.4 is 20.1 Å². The molecule has 2 aliphatic rings. The summed E-state index contributed by atoms with van der Waals surface area (Å²) in [6, 6.07) is 5.64. The van der Waals surface area contributed by atoms with Crippen LogP contribution in [0.3, 0.4) is 0 Å². The molecule has 3 aromatic rings. The maximum atomic E-state index is 11.9. The van der Waals surface area contributed by atoms with E-state index in [1.54, 1.807) is 6.33 Å². The number of amides is 1. The standard InChI is InChI=1S/C20H23N7O3/c1-2-21-20-24-18(23-13-5-6-14-15(10-13)30-12-29-14)17-19(25-20)27(11-22-17)9-8-26-7-3-4-16(26)28/h5-6,10-11H,2-4,7-9,12H2,1H3,(H2,21,23,24,25). The van der Waals surface area contributed by atoms with Gasteiger partial charge in [0.2, 0.25) is 18.6 Å². The number of fused-ring (bicyclic) bond motifs is 2. The van der Waals surface area contributed by atoms with Crippen molar-refractivity contribution in [1.82, 2.24) is 24.4 Å². The van der Waals surface area contributed by atoms with E-state index in [0.29, 0.717) is 49.1 Å². The SMILES string of the molecule is CCNc1nc(Nc2ccc3c(c2)OCO3)c2ncn(CCN3CCCC3=O)c2n1. The summed E-state index contributed by atoms with van der Waals surface area (Å²) < 4.78 is 12.8. The summed E-state index contributed by atoms with van der Waals surface area (Å²) in [7, 11) is 0. The van der Waals surface area contributed by atoms with Crippen LogP contribution >= 0.6 is 0 Å². The maximum Gasteiger partial charge on any atom is 0.231 e. The average molecular weight is 409 g/mol. The van der Waals surface area contributed by atoms with E-state index in [2.05, 4.69) is 25.6 Å². The Bertz CT molecular complexity index is 1100. The van der Waals surface area contributed by atoms with E-state index in [0.717, 1.165) is 30.0 Å². The first-order valence-electron chi connectivity index (χ1n) is 10.1. The zero-order chi connectivity index (χ0) is 20.5. The number of imidazole rings is 1. The van der Waals surface area contributed by atoms with Crippen LogP contribution in [-0.4, -0.2) is 56.8 Å². The third-order valence-electron chi connectivity index (χ3n) is 5.22. The molecule has 0 unspecified atom stereocenters. The number of carbonyl (C=O) groups excluding carboxylic acids is 1. The van der Waals surface area contributed by atoms with Gasteiger partial charge in [0, 0.05) is 44.4 Å². The number of benzene rings is 1. The molecule has 4 heterocycles. The van der Waals surface area contributed by atoms with Crippen molar-refractivity contribution in [3.8, 4) is 11.5 Å². The van der Waals surface area contributed by atoms with Gasteiger partial charge in [-0.3, -0.25) is 4.79 Å². The van der Waals surface area contributed by atoms with E-state index in [1.807, 2.05) is 34.6 Å². The van der Waals surface area contributed by atoms with Gasteiger partial charge in [-0.1, -0.05) is 0 Å². The number of hydrogen-bond acceptors (Lipinski definition) is 8. The summed E-state index contributed by atoms with van der Waals surface area (Å²) in [5.41, 5.74) is 2.21. The van der Waals surface area contributed by atoms with Gasteiger partial charge < -0.3 is 29.6 Å². The van der Waals surface area contributed by atoms with Crippen LogP contribution in [0.1, 0.15) is 19.8 Å². The fourth-order valence-electron chi connectivity index (χ4n) is 3.71. The third-order valence-corrected chi connectivity index (χ3v) is 5.22. The van der Waals surface area contributed by atoms with Gasteiger partial charge in [-0.25, -0.2) is 4.98 Å². The fourth-order valence-corrected chi connectivity index (χ4v) is 3.71. The Morgan fingerprint density at radius 2 is 2.07 bits per heavy atom. The van der Waals surface area contributed by atoms with E-state index in [9.17, 15) is 4.79 Å². The Hall–Kier alpha value is -3.56. The molecule has 2 aliphatic heterocycles. The zero-order valence-electron chi connectivity index (χ0n) is 16.7. The lowest BCUT2D eigenvalue weighted by atomic mass is 10.2. The molecule has 0 atom stereocenters. The molecule has 30 heavy (non-hydrogen) atoms. The summed E-state index contributed by atoms with van der Waals surface area (Å²) in [6.07, 6.45) is 3.32. The van der Waals surface area contributed by atoms with Gasteiger partial charge in [0.25, 0.3) is 0 Å². The van der Waals surface area contributed by atoms with Gasteiger partial charge in [0.05, 0.1) is 6.33 Å². The van der Waals surface area contributed by atoms with Crippen LogP contribution in [0.15, 0.2) is 24.5 Å². The van der Waals surface area contributed by atoms with Gasteiger partial charge in [-0.05, 0) is 25.5 Å². The molecule has 2 N–H and O–H groups in total. The smallest absolute Gasteiger partial charge is 0.231 e. The highest BCUT2D eigenvalue weighted by atomic mass is 16.7. The van der Waals surface area contributed by atoms with Crippen LogP contribution in [-0.2, 0) is 11.3 Å². The number of hydrogen-bond donors (Lipinski definition) is 2. The lowest BCUT2D eigenvalue weighted by Gasteiger charge is -2.16. The van der Waals surface area contributed by atoms with E-state index < -0.39 is 0 Å². The summed E-state index contributed by atoms with van der Waals surface area (Å²) in [5.74, 6) is 2.76. The Balaban J connectivity index is 1.45. The van der Waals surface area contributed by atoms with E-state index in [4.69, 9.17) is 9.47 Å². The predicted octanol–water partition coefficient (Wildman–Crippen LogP) is 2.35. The molecular weight excluding hydrogens is 386 g/mol. The maximum absolute atomic E-state index is 11.9. The second kappa shape index (κ2) is 7.69. The van der Waals surface area contributed by atoms with Gasteiger partial charge in [-0.2, -0.15) is 9.97 Å². The largest absolute Gasteiger partial charge is 0.454 e. The van der Waals surface area contributed by atoms with Crippen LogP contribution in [0.4, 0.5) is 17.5 Å². The lowest BCUT2D eigenvalue weighted by Crippen LogP contribution is -2.28. The summed E-state index contributed by atoms with van der Waals surface area (Å²) >= 11 is 0. The number of nitrogens with zero attached hydrogens (tertiary/aromatic N) is 5. The topological polar surface area (TPSA) is 106 Å². The van der Waals surface area contributed by atoms with E-state index in [-0.39, 0.29) is 12.7 Å². The second-order valence-corrected chi connectivity index (χ2v) is 7.21. The molecule has 0 radical (unpaired) electrons. The summed E-state index contributed by atoms with van der Waals surface area (Å²) in [5, 5.41) is 6.50. The van der Waals surface area contributed by atoms with Gasteiger partial charge in [0.15, 0.2) is 28.5 Å². The van der Waals surface area contributed by atoms with Crippen molar-refractivity contribution in [3.63, 3.8) is 0 Å². The molecule has 0 saturated carbocycles. The number of ether oxygens (including phenoxy) is 2. The Morgan fingerprint density at radius 1 is 1.17 bits per heavy atom. The normalized spacial score (nSPS) is 15.2. The number of carbonyl (C=O) groups is 1. The molecule has 1 amide bonds. The molecular formula is C20H23N7O3. The predicted molar refractivity (Wildman–Crippen MR) is 111 cm³/mol. The molecule has 1 fully saturated rings. The first kappa shape index (κ1) is 18.5. The van der Waals surface area contributed by atoms with Crippen molar-refractivity contribution >= 4 is 34.5 Å². The number of rotatable bonds is 7. The van der Waals surface area contributed by atoms with Crippen molar-refractivity contribution in [3.05, 3.63) is 24.5 Å².